The lowest BCUT2D eigenvalue weighted by Crippen LogP contribution is -2.22. The summed E-state index contributed by atoms with van der Waals surface area (Å²) in [4.78, 5) is 26.0. The van der Waals surface area contributed by atoms with Crippen molar-refractivity contribution in [3.63, 3.8) is 0 Å². The topological polar surface area (TPSA) is 184 Å². The Kier molecular flexibility index (Phi) is 16.0. The fraction of sp³-hybridized carbons (Fsp3) is 0.345. The zero-order valence-corrected chi connectivity index (χ0v) is 41.9. The van der Waals surface area contributed by atoms with Crippen LogP contribution in [0.3, 0.4) is 0 Å². The minimum absolute atomic E-state index is 0.0211. The monoisotopic (exact) mass is 958 g/mol. The van der Waals surface area contributed by atoms with E-state index in [1.54, 1.807) is 6.07 Å². The second-order valence-corrected chi connectivity index (χ2v) is 18.9. The Morgan fingerprint density at radius 3 is 1.62 bits per heavy atom. The van der Waals surface area contributed by atoms with Crippen LogP contribution in [-0.4, -0.2) is 71.6 Å². The minimum atomic E-state index is -0.361. The van der Waals surface area contributed by atoms with Gasteiger partial charge in [-0.05, 0) is 158 Å². The molecule has 13 nitrogen and oxygen atoms in total. The number of amides is 2. The van der Waals surface area contributed by atoms with Gasteiger partial charge in [0.05, 0.1) is 11.1 Å². The van der Waals surface area contributed by atoms with Crippen molar-refractivity contribution >= 4 is 11.8 Å². The van der Waals surface area contributed by atoms with Crippen LogP contribution in [0.5, 0.6) is 17.2 Å². The summed E-state index contributed by atoms with van der Waals surface area (Å²) in [6.45, 7) is 19.2. The Morgan fingerprint density at radius 1 is 0.620 bits per heavy atom. The van der Waals surface area contributed by atoms with Gasteiger partial charge in [0.15, 0.2) is 0 Å². The molecule has 5 aromatic carbocycles. The van der Waals surface area contributed by atoms with E-state index in [2.05, 4.69) is 94.8 Å². The minimum Gasteiger partial charge on any atom is -0.508 e. The van der Waals surface area contributed by atoms with E-state index in [1.807, 2.05) is 64.1 Å². The van der Waals surface area contributed by atoms with E-state index in [0.717, 1.165) is 85.4 Å². The van der Waals surface area contributed by atoms with E-state index in [9.17, 15) is 19.8 Å². The Hall–Kier alpha value is -7.22. The van der Waals surface area contributed by atoms with E-state index in [4.69, 9.17) is 13.8 Å². The number of benzene rings is 5. The molecule has 2 aliphatic heterocycles. The summed E-state index contributed by atoms with van der Waals surface area (Å²) in [7, 11) is 0. The lowest BCUT2D eigenvalue weighted by Gasteiger charge is -2.17. The van der Waals surface area contributed by atoms with Crippen molar-refractivity contribution in [2.24, 2.45) is 0 Å². The summed E-state index contributed by atoms with van der Waals surface area (Å²) < 4.78 is 17.7. The predicted octanol–water partition coefficient (Wildman–Crippen LogP) is 10.4. The van der Waals surface area contributed by atoms with Crippen LogP contribution in [0.25, 0.3) is 44.8 Å². The predicted molar refractivity (Wildman–Crippen MR) is 278 cm³/mol. The Balaban J connectivity index is 0.000000194. The third kappa shape index (κ3) is 11.2. The number of ether oxygens (including phenoxy) is 1. The molecule has 370 valence electrons. The second-order valence-electron chi connectivity index (χ2n) is 18.9. The van der Waals surface area contributed by atoms with E-state index in [-0.39, 0.29) is 40.8 Å². The number of aryl methyl sites for hydroxylation is 1. The molecule has 71 heavy (non-hydrogen) atoms. The molecule has 0 atom stereocenters. The summed E-state index contributed by atoms with van der Waals surface area (Å²) in [5.41, 5.74) is 14.5. The molecule has 7 aromatic rings. The molecule has 0 saturated carbocycles. The fourth-order valence-electron chi connectivity index (χ4n) is 9.54. The van der Waals surface area contributed by atoms with Crippen LogP contribution in [0.4, 0.5) is 0 Å². The summed E-state index contributed by atoms with van der Waals surface area (Å²) in [6.07, 6.45) is 3.77. The van der Waals surface area contributed by atoms with E-state index in [0.29, 0.717) is 59.3 Å². The Morgan fingerprint density at radius 2 is 1.11 bits per heavy atom. The number of hydrogen-bond acceptors (Lipinski definition) is 11. The van der Waals surface area contributed by atoms with Crippen LogP contribution in [-0.2, 0) is 32.3 Å². The summed E-state index contributed by atoms with van der Waals surface area (Å²) in [5.74, 6) is 0.655. The normalized spacial score (nSPS) is 13.4. The number of hydrogen-bond donors (Lipinski definition) is 6. The molecule has 6 N–H and O–H groups in total. The number of phenolic OH excluding ortho intramolecular Hbond substituents is 2. The van der Waals surface area contributed by atoms with Gasteiger partial charge in [-0.15, -0.1) is 0 Å². The molecule has 0 aliphatic carbocycles. The van der Waals surface area contributed by atoms with Gasteiger partial charge >= 0.3 is 0 Å². The molecule has 0 saturated heterocycles. The third-order valence-corrected chi connectivity index (χ3v) is 13.3. The first kappa shape index (κ1) is 50.2. The number of phenols is 2. The molecular formula is C58H66N6O7. The average Bonchev–Trinajstić information content (AvgIpc) is 3.83. The SMILES string of the molecule is CCNC(=O)c1onc(-c2cc(C(C)C)c(C)cc2OCc2ccccc2)c1-c1ccc2c(c1)CCNCC2.CCNC(=O)c1onc(-c2cc(C(C)C)c(O)cc2O)c1-c1ccc2c(c1)CCNCC2. The largest absolute Gasteiger partial charge is 0.508 e. The van der Waals surface area contributed by atoms with Crippen LogP contribution >= 0.6 is 0 Å². The number of aromatic hydroxyl groups is 2. The molecule has 9 rings (SSSR count). The zero-order valence-electron chi connectivity index (χ0n) is 41.9. The molecule has 0 spiro atoms. The van der Waals surface area contributed by atoms with Gasteiger partial charge in [-0.25, -0.2) is 0 Å². The van der Waals surface area contributed by atoms with Crippen LogP contribution in [0.15, 0.2) is 100 Å². The summed E-state index contributed by atoms with van der Waals surface area (Å²) in [6, 6.07) is 30.0. The smallest absolute Gasteiger partial charge is 0.290 e. The van der Waals surface area contributed by atoms with Gasteiger partial charge < -0.3 is 45.3 Å². The molecule has 0 unspecified atom stereocenters. The highest BCUT2D eigenvalue weighted by molar-refractivity contribution is 6.03. The summed E-state index contributed by atoms with van der Waals surface area (Å²) >= 11 is 0. The molecule has 2 amide bonds. The van der Waals surface area contributed by atoms with Crippen molar-refractivity contribution in [3.8, 4) is 62.0 Å². The first-order valence-electron chi connectivity index (χ1n) is 25.0. The average molecular weight is 959 g/mol. The lowest BCUT2D eigenvalue weighted by molar-refractivity contribution is 0.0912. The zero-order chi connectivity index (χ0) is 50.2. The number of fused-ring (bicyclic) bond motifs is 2. The highest BCUT2D eigenvalue weighted by Crippen LogP contribution is 2.44. The van der Waals surface area contributed by atoms with Gasteiger partial charge in [0.1, 0.15) is 35.2 Å². The van der Waals surface area contributed by atoms with Gasteiger partial charge in [-0.2, -0.15) is 0 Å². The van der Waals surface area contributed by atoms with Gasteiger partial charge in [0, 0.05) is 30.3 Å². The number of nitrogens with zero attached hydrogens (tertiary/aromatic N) is 2. The van der Waals surface area contributed by atoms with Crippen molar-refractivity contribution in [1.29, 1.82) is 0 Å². The third-order valence-electron chi connectivity index (χ3n) is 13.3. The maximum atomic E-state index is 13.2. The molecule has 0 bridgehead atoms. The number of nitrogens with one attached hydrogen (secondary N) is 4. The number of carbonyl (C=O) groups excluding carboxylic acids is 2. The Labute approximate surface area is 416 Å². The van der Waals surface area contributed by atoms with Gasteiger partial charge in [-0.3, -0.25) is 9.59 Å². The molecule has 2 aromatic heterocycles. The maximum absolute atomic E-state index is 13.2. The molecular weight excluding hydrogens is 893 g/mol. The van der Waals surface area contributed by atoms with Crippen LogP contribution in [0.2, 0.25) is 0 Å². The van der Waals surface area contributed by atoms with Crippen LogP contribution < -0.4 is 26.0 Å². The Bertz CT molecular complexity index is 3010. The van der Waals surface area contributed by atoms with Gasteiger partial charge in [0.25, 0.3) is 11.8 Å². The lowest BCUT2D eigenvalue weighted by atomic mass is 9.90. The maximum Gasteiger partial charge on any atom is 0.290 e. The van der Waals surface area contributed by atoms with Crippen molar-refractivity contribution in [2.45, 2.75) is 92.6 Å². The first-order valence-corrected chi connectivity index (χ1v) is 25.0. The van der Waals surface area contributed by atoms with E-state index in [1.165, 1.54) is 33.9 Å². The fourth-order valence-corrected chi connectivity index (χ4v) is 9.54. The second kappa shape index (κ2) is 22.7. The van der Waals surface area contributed by atoms with Gasteiger partial charge in [0.2, 0.25) is 11.5 Å². The van der Waals surface area contributed by atoms with E-state index < -0.39 is 0 Å². The molecule has 2 aliphatic rings. The van der Waals surface area contributed by atoms with E-state index >= 15 is 0 Å². The molecule has 4 heterocycles. The van der Waals surface area contributed by atoms with Gasteiger partial charge in [-0.1, -0.05) is 105 Å². The molecule has 0 fully saturated rings. The van der Waals surface area contributed by atoms with Crippen LogP contribution in [0.1, 0.15) is 119 Å². The first-order chi connectivity index (χ1) is 34.4. The van der Waals surface area contributed by atoms with Crippen molar-refractivity contribution in [2.75, 3.05) is 39.3 Å². The number of rotatable bonds is 13. The number of aromatic nitrogens is 2. The quantitative estimate of drug-likeness (QED) is 0.0647. The van der Waals surface area contributed by atoms with Crippen LogP contribution in [0, 0.1) is 6.92 Å². The summed E-state index contributed by atoms with van der Waals surface area (Å²) in [5, 5.41) is 42.2. The molecule has 0 radical (unpaired) electrons. The number of carbonyl (C=O) groups is 2. The standard InChI is InChI=1S/C33H37N3O3.C25H29N3O4/c1-5-35-33(37)32-30(26-12-11-24-13-15-34-16-14-25(24)18-26)31(36-39-32)28-19-27(21(2)3)22(4)17-29(28)38-20-23-9-7-6-8-10-23;1-4-27-25(31)24-22(17-6-5-15-7-9-26-10-8-16(15)11-17)23(28-32-24)19-12-18(14(2)3)20(29)13-21(19)30/h6-12,17-19,21,34H,5,13-16,20H2,1-4H3,(H,35,37);5-6,11-14,26,29-30H,4,7-10H2,1-3H3,(H,27,31). The van der Waals surface area contributed by atoms with Crippen molar-refractivity contribution in [1.82, 2.24) is 31.6 Å². The highest BCUT2D eigenvalue weighted by atomic mass is 16.5. The highest BCUT2D eigenvalue weighted by Gasteiger charge is 2.30. The van der Waals surface area contributed by atoms with Crippen molar-refractivity contribution in [3.05, 3.63) is 147 Å². The van der Waals surface area contributed by atoms with Crippen molar-refractivity contribution < 1.29 is 33.6 Å². The molecule has 13 heteroatoms.